The van der Waals surface area contributed by atoms with Crippen molar-refractivity contribution in [1.29, 1.82) is 0 Å². The topological polar surface area (TPSA) is 50.9 Å². The molecule has 0 saturated carbocycles. The Balaban J connectivity index is 2.36. The van der Waals surface area contributed by atoms with Crippen LogP contribution in [0.15, 0.2) is 42.6 Å². The van der Waals surface area contributed by atoms with Crippen molar-refractivity contribution in [1.82, 2.24) is 10.4 Å². The van der Waals surface area contributed by atoms with Crippen LogP contribution in [-0.2, 0) is 6.42 Å². The fraction of sp³-hybridized carbons (Fsp3) is 0.267. The van der Waals surface area contributed by atoms with Crippen molar-refractivity contribution in [2.24, 2.45) is 5.84 Å². The summed E-state index contributed by atoms with van der Waals surface area (Å²) in [7, 11) is 0. The van der Waals surface area contributed by atoms with Gasteiger partial charge in [-0.15, -0.1) is 0 Å². The van der Waals surface area contributed by atoms with Crippen molar-refractivity contribution >= 4 is 0 Å². The van der Waals surface area contributed by atoms with Gasteiger partial charge in [0.1, 0.15) is 0 Å². The lowest BCUT2D eigenvalue weighted by Crippen LogP contribution is -2.29. The number of hydrogen-bond donors (Lipinski definition) is 2. The summed E-state index contributed by atoms with van der Waals surface area (Å²) in [6, 6.07) is 12.5. The van der Waals surface area contributed by atoms with Crippen LogP contribution >= 0.6 is 0 Å². The summed E-state index contributed by atoms with van der Waals surface area (Å²) >= 11 is 0. The molecule has 0 saturated heterocycles. The van der Waals surface area contributed by atoms with Gasteiger partial charge in [0.25, 0.3) is 0 Å². The van der Waals surface area contributed by atoms with Crippen molar-refractivity contribution in [2.45, 2.75) is 26.3 Å². The molecule has 1 heterocycles. The standard InChI is InChI=1S/C15H19N3/c1-3-12-6-8-13(9-7-12)15(18-16)14-5-4-10-17-11(14)2/h4-10,15,18H,3,16H2,1-2H3. The van der Waals surface area contributed by atoms with E-state index in [2.05, 4.69) is 47.7 Å². The Morgan fingerprint density at radius 3 is 2.50 bits per heavy atom. The first-order valence-electron chi connectivity index (χ1n) is 6.22. The molecule has 3 heteroatoms. The number of hydrazine groups is 1. The number of hydrogen-bond acceptors (Lipinski definition) is 3. The van der Waals surface area contributed by atoms with Crippen molar-refractivity contribution in [3.05, 3.63) is 65.0 Å². The van der Waals surface area contributed by atoms with Gasteiger partial charge in [-0.2, -0.15) is 0 Å². The normalized spacial score (nSPS) is 12.4. The van der Waals surface area contributed by atoms with Crippen LogP contribution in [0.5, 0.6) is 0 Å². The summed E-state index contributed by atoms with van der Waals surface area (Å²) in [6.07, 6.45) is 2.85. The van der Waals surface area contributed by atoms with E-state index < -0.39 is 0 Å². The summed E-state index contributed by atoms with van der Waals surface area (Å²) in [4.78, 5) is 4.31. The number of rotatable bonds is 4. The van der Waals surface area contributed by atoms with Crippen LogP contribution in [0.2, 0.25) is 0 Å². The van der Waals surface area contributed by atoms with Gasteiger partial charge in [0, 0.05) is 11.9 Å². The maximum Gasteiger partial charge on any atom is 0.0727 e. The Morgan fingerprint density at radius 2 is 1.94 bits per heavy atom. The summed E-state index contributed by atoms with van der Waals surface area (Å²) in [6.45, 7) is 4.15. The molecule has 3 nitrogen and oxygen atoms in total. The number of nitrogens with zero attached hydrogens (tertiary/aromatic N) is 1. The molecule has 0 aliphatic heterocycles. The molecule has 1 aromatic heterocycles. The number of pyridine rings is 1. The van der Waals surface area contributed by atoms with Gasteiger partial charge in [0.15, 0.2) is 0 Å². The Hall–Kier alpha value is -1.71. The first kappa shape index (κ1) is 12.7. The second kappa shape index (κ2) is 5.76. The fourth-order valence-corrected chi connectivity index (χ4v) is 2.11. The largest absolute Gasteiger partial charge is 0.271 e. The number of nitrogens with two attached hydrogens (primary N) is 1. The van der Waals surface area contributed by atoms with Gasteiger partial charge in [-0.3, -0.25) is 10.8 Å². The minimum atomic E-state index is -0.00962. The SMILES string of the molecule is CCc1ccc(C(NN)c2cccnc2C)cc1. The van der Waals surface area contributed by atoms with Crippen LogP contribution in [0.3, 0.4) is 0 Å². The van der Waals surface area contributed by atoms with Crippen LogP contribution in [0.1, 0.15) is 35.3 Å². The molecule has 1 atom stereocenters. The Bertz CT molecular complexity index is 505. The second-order valence-electron chi connectivity index (χ2n) is 4.37. The van der Waals surface area contributed by atoms with Gasteiger partial charge in [-0.25, -0.2) is 5.43 Å². The molecular weight excluding hydrogens is 222 g/mol. The van der Waals surface area contributed by atoms with Crippen molar-refractivity contribution < 1.29 is 0 Å². The van der Waals surface area contributed by atoms with Crippen LogP contribution < -0.4 is 11.3 Å². The number of aryl methyl sites for hydroxylation is 2. The number of benzene rings is 1. The summed E-state index contributed by atoms with van der Waals surface area (Å²) in [5, 5.41) is 0. The summed E-state index contributed by atoms with van der Waals surface area (Å²) in [5.74, 6) is 5.70. The van der Waals surface area contributed by atoms with E-state index in [1.807, 2.05) is 13.0 Å². The van der Waals surface area contributed by atoms with E-state index in [0.29, 0.717) is 0 Å². The molecule has 0 aliphatic rings. The Morgan fingerprint density at radius 1 is 1.22 bits per heavy atom. The highest BCUT2D eigenvalue weighted by Gasteiger charge is 2.14. The summed E-state index contributed by atoms with van der Waals surface area (Å²) < 4.78 is 0. The highest BCUT2D eigenvalue weighted by molar-refractivity contribution is 5.35. The molecule has 18 heavy (non-hydrogen) atoms. The first-order chi connectivity index (χ1) is 8.76. The van der Waals surface area contributed by atoms with E-state index in [-0.39, 0.29) is 6.04 Å². The third-order valence-corrected chi connectivity index (χ3v) is 3.25. The average molecular weight is 241 g/mol. The molecule has 0 bridgehead atoms. The molecule has 0 aliphatic carbocycles. The van der Waals surface area contributed by atoms with E-state index in [4.69, 9.17) is 5.84 Å². The zero-order valence-electron chi connectivity index (χ0n) is 10.9. The van der Waals surface area contributed by atoms with Crippen molar-refractivity contribution in [3.63, 3.8) is 0 Å². The van der Waals surface area contributed by atoms with E-state index in [1.54, 1.807) is 6.20 Å². The molecular formula is C15H19N3. The smallest absolute Gasteiger partial charge is 0.0727 e. The number of aromatic nitrogens is 1. The average Bonchev–Trinajstić information content (AvgIpc) is 2.42. The van der Waals surface area contributed by atoms with Gasteiger partial charge in [0.2, 0.25) is 0 Å². The lowest BCUT2D eigenvalue weighted by Gasteiger charge is -2.18. The van der Waals surface area contributed by atoms with Crippen molar-refractivity contribution in [3.8, 4) is 0 Å². The highest BCUT2D eigenvalue weighted by Crippen LogP contribution is 2.23. The lowest BCUT2D eigenvalue weighted by atomic mass is 9.97. The maximum absolute atomic E-state index is 5.70. The van der Waals surface area contributed by atoms with E-state index >= 15 is 0 Å². The zero-order chi connectivity index (χ0) is 13.0. The van der Waals surface area contributed by atoms with Gasteiger partial charge in [-0.1, -0.05) is 37.3 Å². The molecule has 3 N–H and O–H groups in total. The van der Waals surface area contributed by atoms with Gasteiger partial charge >= 0.3 is 0 Å². The molecule has 94 valence electrons. The molecule has 0 radical (unpaired) electrons. The van der Waals surface area contributed by atoms with Gasteiger partial charge in [-0.05, 0) is 36.1 Å². The monoisotopic (exact) mass is 241 g/mol. The van der Waals surface area contributed by atoms with Crippen LogP contribution in [0.4, 0.5) is 0 Å². The molecule has 2 rings (SSSR count). The minimum Gasteiger partial charge on any atom is -0.271 e. The second-order valence-corrected chi connectivity index (χ2v) is 4.37. The van der Waals surface area contributed by atoms with Crippen molar-refractivity contribution in [2.75, 3.05) is 0 Å². The predicted molar refractivity (Wildman–Crippen MR) is 74.0 cm³/mol. The highest BCUT2D eigenvalue weighted by atomic mass is 15.2. The minimum absolute atomic E-state index is 0.00962. The third kappa shape index (κ3) is 2.58. The van der Waals surface area contributed by atoms with E-state index in [1.165, 1.54) is 5.56 Å². The van der Waals surface area contributed by atoms with Crippen LogP contribution in [0, 0.1) is 6.92 Å². The Kier molecular flexibility index (Phi) is 4.07. The predicted octanol–water partition coefficient (Wildman–Crippen LogP) is 2.51. The van der Waals surface area contributed by atoms with E-state index in [0.717, 1.165) is 23.2 Å². The third-order valence-electron chi connectivity index (χ3n) is 3.25. The lowest BCUT2D eigenvalue weighted by molar-refractivity contribution is 0.630. The zero-order valence-corrected chi connectivity index (χ0v) is 10.9. The molecule has 0 spiro atoms. The van der Waals surface area contributed by atoms with Gasteiger partial charge in [0.05, 0.1) is 6.04 Å². The quantitative estimate of drug-likeness (QED) is 0.639. The molecule has 1 aromatic carbocycles. The molecule has 0 fully saturated rings. The first-order valence-corrected chi connectivity index (χ1v) is 6.22. The van der Waals surface area contributed by atoms with E-state index in [9.17, 15) is 0 Å². The molecule has 2 aromatic rings. The van der Waals surface area contributed by atoms with Gasteiger partial charge < -0.3 is 0 Å². The maximum atomic E-state index is 5.70. The van der Waals surface area contributed by atoms with Crippen LogP contribution in [0.25, 0.3) is 0 Å². The number of nitrogens with one attached hydrogen (secondary N) is 1. The molecule has 1 unspecified atom stereocenters. The van der Waals surface area contributed by atoms with Crippen LogP contribution in [-0.4, -0.2) is 4.98 Å². The molecule has 0 amide bonds. The summed E-state index contributed by atoms with van der Waals surface area (Å²) in [5.41, 5.74) is 7.48. The fourth-order valence-electron chi connectivity index (χ4n) is 2.11. The Labute approximate surface area is 108 Å².